The Kier molecular flexibility index (Phi) is 4.12. The number of rotatable bonds is 4. The van der Waals surface area contributed by atoms with Crippen molar-refractivity contribution in [3.8, 4) is 11.4 Å². The van der Waals surface area contributed by atoms with E-state index in [2.05, 4.69) is 37.8 Å². The average Bonchev–Trinajstić information content (AvgIpc) is 2.75. The van der Waals surface area contributed by atoms with E-state index in [-0.39, 0.29) is 0 Å². The van der Waals surface area contributed by atoms with Crippen molar-refractivity contribution in [2.75, 3.05) is 5.73 Å². The minimum Gasteiger partial charge on any atom is -0.398 e. The summed E-state index contributed by atoms with van der Waals surface area (Å²) in [7, 11) is 0. The molecule has 0 spiro atoms. The van der Waals surface area contributed by atoms with E-state index in [0.29, 0.717) is 28.7 Å². The number of anilines is 1. The van der Waals surface area contributed by atoms with Crippen molar-refractivity contribution in [3.63, 3.8) is 0 Å². The van der Waals surface area contributed by atoms with Gasteiger partial charge in [0.25, 0.3) is 0 Å². The lowest BCUT2D eigenvalue weighted by Gasteiger charge is -2.22. The molecule has 2 rings (SSSR count). The first-order chi connectivity index (χ1) is 9.35. The Balaban J connectivity index is 2.08. The molecular formula is C16H23N3O. The summed E-state index contributed by atoms with van der Waals surface area (Å²) in [4.78, 5) is 4.45. The van der Waals surface area contributed by atoms with Gasteiger partial charge in [0.05, 0.1) is 0 Å². The molecular weight excluding hydrogens is 250 g/mol. The van der Waals surface area contributed by atoms with Crippen molar-refractivity contribution in [2.24, 2.45) is 11.3 Å². The number of hydrogen-bond acceptors (Lipinski definition) is 4. The van der Waals surface area contributed by atoms with Gasteiger partial charge in [0.1, 0.15) is 0 Å². The fourth-order valence-corrected chi connectivity index (χ4v) is 2.56. The van der Waals surface area contributed by atoms with E-state index in [0.717, 1.165) is 18.4 Å². The van der Waals surface area contributed by atoms with Crippen LogP contribution in [0.2, 0.25) is 0 Å². The fourth-order valence-electron chi connectivity index (χ4n) is 2.56. The van der Waals surface area contributed by atoms with Crippen LogP contribution in [0.3, 0.4) is 0 Å². The molecule has 1 aromatic heterocycles. The SMILES string of the molecule is CC(Cc1nc(-c2ccccc2N)no1)CC(C)(C)C. The first-order valence-corrected chi connectivity index (χ1v) is 7.02. The summed E-state index contributed by atoms with van der Waals surface area (Å²) in [6, 6.07) is 7.56. The molecule has 0 amide bonds. The summed E-state index contributed by atoms with van der Waals surface area (Å²) in [5, 5.41) is 4.03. The molecule has 108 valence electrons. The Labute approximate surface area is 120 Å². The predicted octanol–water partition coefficient (Wildman–Crippen LogP) is 3.93. The van der Waals surface area contributed by atoms with Crippen molar-refractivity contribution in [1.82, 2.24) is 10.1 Å². The Hall–Kier alpha value is -1.84. The van der Waals surface area contributed by atoms with E-state index in [1.165, 1.54) is 0 Å². The van der Waals surface area contributed by atoms with E-state index in [4.69, 9.17) is 10.3 Å². The van der Waals surface area contributed by atoms with Gasteiger partial charge >= 0.3 is 0 Å². The highest BCUT2D eigenvalue weighted by Gasteiger charge is 2.18. The minimum absolute atomic E-state index is 0.312. The molecule has 0 aliphatic carbocycles. The van der Waals surface area contributed by atoms with E-state index < -0.39 is 0 Å². The lowest BCUT2D eigenvalue weighted by molar-refractivity contribution is 0.283. The van der Waals surface area contributed by atoms with E-state index in [1.54, 1.807) is 0 Å². The number of nitrogens with zero attached hydrogens (tertiary/aromatic N) is 2. The van der Waals surface area contributed by atoms with Crippen LogP contribution in [0.5, 0.6) is 0 Å². The number of aromatic nitrogens is 2. The molecule has 2 aromatic rings. The third-order valence-corrected chi connectivity index (χ3v) is 3.15. The predicted molar refractivity (Wildman–Crippen MR) is 81.1 cm³/mol. The lowest BCUT2D eigenvalue weighted by atomic mass is 9.84. The van der Waals surface area contributed by atoms with Crippen LogP contribution in [-0.2, 0) is 6.42 Å². The third-order valence-electron chi connectivity index (χ3n) is 3.15. The van der Waals surface area contributed by atoms with Crippen LogP contribution in [0.25, 0.3) is 11.4 Å². The molecule has 4 nitrogen and oxygen atoms in total. The normalized spacial score (nSPS) is 13.4. The number of hydrogen-bond donors (Lipinski definition) is 1. The van der Waals surface area contributed by atoms with Crippen LogP contribution in [0, 0.1) is 11.3 Å². The molecule has 1 heterocycles. The summed E-state index contributed by atoms with van der Waals surface area (Å²) in [5.41, 5.74) is 7.73. The maximum atomic E-state index is 5.92. The second-order valence-corrected chi connectivity index (χ2v) is 6.67. The monoisotopic (exact) mass is 273 g/mol. The van der Waals surface area contributed by atoms with Crippen molar-refractivity contribution in [1.29, 1.82) is 0 Å². The number of benzene rings is 1. The molecule has 0 saturated heterocycles. The van der Waals surface area contributed by atoms with Gasteiger partial charge in [0.2, 0.25) is 11.7 Å². The summed E-state index contributed by atoms with van der Waals surface area (Å²) < 4.78 is 5.34. The summed E-state index contributed by atoms with van der Waals surface area (Å²) in [6.07, 6.45) is 1.93. The third kappa shape index (κ3) is 3.83. The second-order valence-electron chi connectivity index (χ2n) is 6.67. The van der Waals surface area contributed by atoms with Crippen LogP contribution >= 0.6 is 0 Å². The Morgan fingerprint density at radius 3 is 2.60 bits per heavy atom. The largest absolute Gasteiger partial charge is 0.398 e. The first-order valence-electron chi connectivity index (χ1n) is 7.02. The van der Waals surface area contributed by atoms with Crippen LogP contribution in [0.4, 0.5) is 5.69 Å². The maximum Gasteiger partial charge on any atom is 0.227 e. The molecule has 4 heteroatoms. The van der Waals surface area contributed by atoms with Crippen LogP contribution in [0.15, 0.2) is 28.8 Å². The van der Waals surface area contributed by atoms with E-state index in [1.807, 2.05) is 24.3 Å². The zero-order valence-corrected chi connectivity index (χ0v) is 12.7. The highest BCUT2D eigenvalue weighted by Crippen LogP contribution is 2.27. The number of para-hydroxylation sites is 1. The molecule has 1 atom stereocenters. The fraction of sp³-hybridized carbons (Fsp3) is 0.500. The van der Waals surface area contributed by atoms with Gasteiger partial charge in [0.15, 0.2) is 0 Å². The van der Waals surface area contributed by atoms with Crippen LogP contribution in [0.1, 0.15) is 40.0 Å². The topological polar surface area (TPSA) is 64.9 Å². The van der Waals surface area contributed by atoms with E-state index >= 15 is 0 Å². The molecule has 0 aliphatic rings. The molecule has 0 radical (unpaired) electrons. The van der Waals surface area contributed by atoms with Crippen LogP contribution in [-0.4, -0.2) is 10.1 Å². The van der Waals surface area contributed by atoms with Gasteiger partial charge in [-0.1, -0.05) is 45.0 Å². The second kappa shape index (κ2) is 5.65. The first kappa shape index (κ1) is 14.6. The Bertz CT molecular complexity index is 569. The maximum absolute atomic E-state index is 5.92. The molecule has 0 fully saturated rings. The van der Waals surface area contributed by atoms with Gasteiger partial charge in [-0.05, 0) is 29.9 Å². The van der Waals surface area contributed by atoms with Gasteiger partial charge in [0, 0.05) is 17.7 Å². The number of nitrogen functional groups attached to an aromatic ring is 1. The van der Waals surface area contributed by atoms with Gasteiger partial charge < -0.3 is 10.3 Å². The highest BCUT2D eigenvalue weighted by atomic mass is 16.5. The zero-order valence-electron chi connectivity index (χ0n) is 12.7. The van der Waals surface area contributed by atoms with E-state index in [9.17, 15) is 0 Å². The average molecular weight is 273 g/mol. The molecule has 0 aliphatic heterocycles. The molecule has 20 heavy (non-hydrogen) atoms. The summed E-state index contributed by atoms with van der Waals surface area (Å²) >= 11 is 0. The molecule has 0 saturated carbocycles. The Morgan fingerprint density at radius 2 is 1.95 bits per heavy atom. The summed E-state index contributed by atoms with van der Waals surface area (Å²) in [5.74, 6) is 1.76. The van der Waals surface area contributed by atoms with Gasteiger partial charge in [-0.2, -0.15) is 4.98 Å². The van der Waals surface area contributed by atoms with Crippen molar-refractivity contribution in [3.05, 3.63) is 30.2 Å². The Morgan fingerprint density at radius 1 is 1.25 bits per heavy atom. The molecule has 1 aromatic carbocycles. The van der Waals surface area contributed by atoms with Crippen LogP contribution < -0.4 is 5.73 Å². The zero-order chi connectivity index (χ0) is 14.8. The van der Waals surface area contributed by atoms with Gasteiger partial charge in [-0.3, -0.25) is 0 Å². The van der Waals surface area contributed by atoms with Crippen molar-refractivity contribution in [2.45, 2.75) is 40.5 Å². The summed E-state index contributed by atoms with van der Waals surface area (Å²) in [6.45, 7) is 8.94. The number of nitrogens with two attached hydrogens (primary N) is 1. The lowest BCUT2D eigenvalue weighted by Crippen LogP contribution is -2.12. The molecule has 2 N–H and O–H groups in total. The standard InChI is InChI=1S/C16H23N3O/c1-11(10-16(2,3)4)9-14-18-15(19-20-14)12-7-5-6-8-13(12)17/h5-8,11H,9-10,17H2,1-4H3. The smallest absolute Gasteiger partial charge is 0.227 e. The van der Waals surface area contributed by atoms with Gasteiger partial charge in [-0.15, -0.1) is 0 Å². The minimum atomic E-state index is 0.312. The quantitative estimate of drug-likeness (QED) is 0.857. The van der Waals surface area contributed by atoms with Crippen molar-refractivity contribution >= 4 is 5.69 Å². The molecule has 1 unspecified atom stereocenters. The van der Waals surface area contributed by atoms with Gasteiger partial charge in [-0.25, -0.2) is 0 Å². The molecule has 0 bridgehead atoms. The van der Waals surface area contributed by atoms with Crippen molar-refractivity contribution < 1.29 is 4.52 Å². The highest BCUT2D eigenvalue weighted by molar-refractivity contribution is 5.70.